The third-order valence-corrected chi connectivity index (χ3v) is 5.01. The summed E-state index contributed by atoms with van der Waals surface area (Å²) in [6, 6.07) is 13.7. The normalized spacial score (nSPS) is 25.0. The smallest absolute Gasteiger partial charge is 0.231 e. The molecule has 1 fully saturated rings. The van der Waals surface area contributed by atoms with Crippen LogP contribution in [0, 0.1) is 0 Å². The average molecular weight is 279 g/mol. The highest BCUT2D eigenvalue weighted by Crippen LogP contribution is 2.46. The van der Waals surface area contributed by atoms with Crippen LogP contribution in [0.2, 0.25) is 0 Å². The lowest BCUT2D eigenvalue weighted by Gasteiger charge is -2.20. The molecular formula is C18H17NO2. The van der Waals surface area contributed by atoms with Crippen molar-refractivity contribution in [3.05, 3.63) is 47.5 Å². The first-order chi connectivity index (χ1) is 10.4. The molecule has 2 aliphatic heterocycles. The minimum absolute atomic E-state index is 0.330. The summed E-state index contributed by atoms with van der Waals surface area (Å²) in [6.07, 6.45) is 2.53. The summed E-state index contributed by atoms with van der Waals surface area (Å²) >= 11 is 0. The Bertz CT molecular complexity index is 725. The fourth-order valence-electron chi connectivity index (χ4n) is 3.94. The van der Waals surface area contributed by atoms with Crippen molar-refractivity contribution in [1.29, 1.82) is 0 Å². The molecule has 2 aromatic carbocycles. The van der Waals surface area contributed by atoms with Gasteiger partial charge in [-0.1, -0.05) is 18.2 Å². The van der Waals surface area contributed by atoms with Crippen molar-refractivity contribution in [3.63, 3.8) is 0 Å². The topological polar surface area (TPSA) is 30.5 Å². The fourth-order valence-corrected chi connectivity index (χ4v) is 3.94. The van der Waals surface area contributed by atoms with Crippen LogP contribution in [-0.4, -0.2) is 13.3 Å². The van der Waals surface area contributed by atoms with Crippen molar-refractivity contribution < 1.29 is 9.47 Å². The number of hydrogen-bond acceptors (Lipinski definition) is 3. The van der Waals surface area contributed by atoms with E-state index in [1.54, 1.807) is 5.56 Å². The van der Waals surface area contributed by atoms with Crippen LogP contribution >= 0.6 is 0 Å². The van der Waals surface area contributed by atoms with Crippen molar-refractivity contribution in [2.24, 2.45) is 0 Å². The standard InChI is InChI=1S/C18H17NO2/c1-3-14-13-5-6-19-16(8-13)15(14)7-11(1)12-2-4-17-18(9-12)21-10-20-17/h1-4,7,9,13,16,19H,5-6,8,10H2. The molecule has 5 rings (SSSR count). The van der Waals surface area contributed by atoms with E-state index >= 15 is 0 Å². The zero-order valence-electron chi connectivity index (χ0n) is 11.8. The van der Waals surface area contributed by atoms with Crippen LogP contribution in [0.25, 0.3) is 11.1 Å². The van der Waals surface area contributed by atoms with Crippen LogP contribution in [0.15, 0.2) is 36.4 Å². The largest absolute Gasteiger partial charge is 0.454 e. The molecule has 1 saturated heterocycles. The molecule has 0 amide bonds. The third-order valence-electron chi connectivity index (χ3n) is 5.01. The zero-order chi connectivity index (χ0) is 13.8. The van der Waals surface area contributed by atoms with Gasteiger partial charge in [0.15, 0.2) is 11.5 Å². The van der Waals surface area contributed by atoms with Gasteiger partial charge >= 0.3 is 0 Å². The van der Waals surface area contributed by atoms with E-state index < -0.39 is 0 Å². The maximum Gasteiger partial charge on any atom is 0.231 e. The second-order valence-corrected chi connectivity index (χ2v) is 6.14. The van der Waals surface area contributed by atoms with Crippen LogP contribution in [0.1, 0.15) is 35.9 Å². The number of nitrogens with one attached hydrogen (secondary N) is 1. The number of rotatable bonds is 1. The lowest BCUT2D eigenvalue weighted by atomic mass is 9.95. The number of fused-ring (bicyclic) bond motifs is 6. The van der Waals surface area contributed by atoms with Gasteiger partial charge in [0.25, 0.3) is 0 Å². The molecular weight excluding hydrogens is 262 g/mol. The second-order valence-electron chi connectivity index (χ2n) is 6.14. The van der Waals surface area contributed by atoms with Crippen molar-refractivity contribution in [3.8, 4) is 22.6 Å². The maximum absolute atomic E-state index is 5.49. The predicted molar refractivity (Wildman–Crippen MR) is 80.7 cm³/mol. The van der Waals surface area contributed by atoms with Crippen molar-refractivity contribution >= 4 is 0 Å². The van der Waals surface area contributed by atoms with E-state index in [-0.39, 0.29) is 0 Å². The molecule has 1 aliphatic carbocycles. The van der Waals surface area contributed by atoms with Gasteiger partial charge in [0, 0.05) is 6.04 Å². The number of hydrogen-bond donors (Lipinski definition) is 1. The summed E-state index contributed by atoms with van der Waals surface area (Å²) in [7, 11) is 0. The molecule has 3 heteroatoms. The first-order valence-electron chi connectivity index (χ1n) is 7.66. The Morgan fingerprint density at radius 3 is 2.76 bits per heavy atom. The molecule has 3 aliphatic rings. The molecule has 2 aromatic rings. The lowest BCUT2D eigenvalue weighted by Crippen LogP contribution is -2.25. The SMILES string of the molecule is c1cc2c(cc1-c1ccc3c(c1)C1CC3CCN1)OCO2. The van der Waals surface area contributed by atoms with Crippen LogP contribution in [-0.2, 0) is 0 Å². The highest BCUT2D eigenvalue weighted by molar-refractivity contribution is 5.69. The highest BCUT2D eigenvalue weighted by Gasteiger charge is 2.33. The molecule has 2 unspecified atom stereocenters. The molecule has 106 valence electrons. The summed E-state index contributed by atoms with van der Waals surface area (Å²) in [6.45, 7) is 1.47. The number of benzene rings is 2. The minimum Gasteiger partial charge on any atom is -0.454 e. The Morgan fingerprint density at radius 1 is 0.905 bits per heavy atom. The van der Waals surface area contributed by atoms with Crippen molar-refractivity contribution in [2.75, 3.05) is 13.3 Å². The van der Waals surface area contributed by atoms with E-state index in [4.69, 9.17) is 9.47 Å². The van der Waals surface area contributed by atoms with Gasteiger partial charge in [-0.05, 0) is 65.8 Å². The molecule has 2 atom stereocenters. The quantitative estimate of drug-likeness (QED) is 0.865. The molecule has 2 bridgehead atoms. The molecule has 0 spiro atoms. The van der Waals surface area contributed by atoms with Gasteiger partial charge in [-0.3, -0.25) is 0 Å². The van der Waals surface area contributed by atoms with Gasteiger partial charge in [-0.2, -0.15) is 0 Å². The Hall–Kier alpha value is -2.00. The first kappa shape index (κ1) is 11.6. The van der Waals surface area contributed by atoms with Crippen LogP contribution < -0.4 is 14.8 Å². The average Bonchev–Trinajstić information content (AvgIpc) is 3.10. The molecule has 21 heavy (non-hydrogen) atoms. The number of piperidine rings is 1. The Balaban J connectivity index is 1.59. The van der Waals surface area contributed by atoms with E-state index in [1.807, 2.05) is 6.07 Å². The lowest BCUT2D eigenvalue weighted by molar-refractivity contribution is 0.174. The van der Waals surface area contributed by atoms with E-state index in [2.05, 4.69) is 35.6 Å². The maximum atomic E-state index is 5.49. The second kappa shape index (κ2) is 4.25. The Labute approximate surface area is 123 Å². The van der Waals surface area contributed by atoms with Crippen molar-refractivity contribution in [1.82, 2.24) is 5.32 Å². The van der Waals surface area contributed by atoms with Gasteiger partial charge in [-0.15, -0.1) is 0 Å². The minimum atomic E-state index is 0.330. The molecule has 1 N–H and O–H groups in total. The van der Waals surface area contributed by atoms with E-state index in [0.29, 0.717) is 12.8 Å². The van der Waals surface area contributed by atoms with Crippen LogP contribution in [0.5, 0.6) is 11.5 Å². The summed E-state index contributed by atoms with van der Waals surface area (Å²) in [4.78, 5) is 0. The third kappa shape index (κ3) is 1.70. The van der Waals surface area contributed by atoms with Crippen LogP contribution in [0.4, 0.5) is 0 Å². The summed E-state index contributed by atoms with van der Waals surface area (Å²) in [5, 5.41) is 3.64. The van der Waals surface area contributed by atoms with E-state index in [9.17, 15) is 0 Å². The number of ether oxygens (including phenoxy) is 2. The first-order valence-corrected chi connectivity index (χ1v) is 7.66. The van der Waals surface area contributed by atoms with E-state index in [1.165, 1.54) is 29.5 Å². The Morgan fingerprint density at radius 2 is 1.76 bits per heavy atom. The summed E-state index contributed by atoms with van der Waals surface area (Å²) < 4.78 is 10.9. The Kier molecular flexibility index (Phi) is 2.35. The molecule has 2 heterocycles. The van der Waals surface area contributed by atoms with Crippen LogP contribution in [0.3, 0.4) is 0 Å². The molecule has 3 nitrogen and oxygen atoms in total. The van der Waals surface area contributed by atoms with Gasteiger partial charge in [0.2, 0.25) is 6.79 Å². The summed E-state index contributed by atoms with van der Waals surface area (Å²) in [5.41, 5.74) is 5.51. The van der Waals surface area contributed by atoms with Crippen molar-refractivity contribution in [2.45, 2.75) is 24.8 Å². The fraction of sp³-hybridized carbons (Fsp3) is 0.333. The zero-order valence-corrected chi connectivity index (χ0v) is 11.8. The summed E-state index contributed by atoms with van der Waals surface area (Å²) in [5.74, 6) is 2.46. The molecule has 0 aromatic heterocycles. The highest BCUT2D eigenvalue weighted by atomic mass is 16.7. The van der Waals surface area contributed by atoms with Gasteiger partial charge < -0.3 is 14.8 Å². The monoisotopic (exact) mass is 279 g/mol. The molecule has 0 saturated carbocycles. The van der Waals surface area contributed by atoms with Gasteiger partial charge in [0.05, 0.1) is 0 Å². The van der Waals surface area contributed by atoms with E-state index in [0.717, 1.165) is 24.0 Å². The van der Waals surface area contributed by atoms with Gasteiger partial charge in [-0.25, -0.2) is 0 Å². The van der Waals surface area contributed by atoms with Gasteiger partial charge in [0.1, 0.15) is 0 Å². The predicted octanol–water partition coefficient (Wildman–Crippen LogP) is 3.60. The molecule has 0 radical (unpaired) electrons.